The van der Waals surface area contributed by atoms with Crippen LogP contribution in [0.1, 0.15) is 85.4 Å². The first kappa shape index (κ1) is 34.9. The van der Waals surface area contributed by atoms with E-state index in [9.17, 15) is 4.79 Å². The molecule has 0 unspecified atom stereocenters. The average Bonchev–Trinajstić information content (AvgIpc) is 3.36. The van der Waals surface area contributed by atoms with Gasteiger partial charge in [-0.2, -0.15) is 0 Å². The Morgan fingerprint density at radius 3 is 1.39 bits per heavy atom. The second-order valence-electron chi connectivity index (χ2n) is 12.3. The Kier molecular flexibility index (Phi) is 14.0. The zero-order chi connectivity index (χ0) is 28.6. The van der Waals surface area contributed by atoms with Gasteiger partial charge in [-0.1, -0.05) is 0 Å². The summed E-state index contributed by atoms with van der Waals surface area (Å²) in [6.07, 6.45) is 13.7. The molecule has 2 aliphatic carbocycles. The van der Waals surface area contributed by atoms with Crippen molar-refractivity contribution in [2.24, 2.45) is 5.92 Å². The second kappa shape index (κ2) is 17.7. The van der Waals surface area contributed by atoms with E-state index >= 15 is 0 Å². The molecule has 0 atom stereocenters. The Balaban J connectivity index is 0.00000221. The second-order valence-corrected chi connectivity index (χ2v) is 26.7. The van der Waals surface area contributed by atoms with Crippen LogP contribution in [0.4, 0.5) is 0 Å². The molecular formula is C38H44Cl2NOSiZr. The predicted molar refractivity (Wildman–Crippen MR) is 175 cm³/mol. The third-order valence-corrected chi connectivity index (χ3v) is 28.9. The van der Waals surface area contributed by atoms with E-state index in [0.717, 1.165) is 12.8 Å². The molecule has 0 saturated heterocycles. The Bertz CT molecular complexity index is 1350. The summed E-state index contributed by atoms with van der Waals surface area (Å²) in [6, 6.07) is 40.5. The van der Waals surface area contributed by atoms with Gasteiger partial charge in [0.05, 0.1) is 0 Å². The van der Waals surface area contributed by atoms with Crippen molar-refractivity contribution in [3.63, 3.8) is 0 Å². The summed E-state index contributed by atoms with van der Waals surface area (Å²) in [6.45, 7) is 0. The number of halogens is 2. The van der Waals surface area contributed by atoms with Gasteiger partial charge in [0.2, 0.25) is 0 Å². The Labute approximate surface area is 285 Å². The first-order valence-electron chi connectivity index (χ1n) is 16.3. The van der Waals surface area contributed by atoms with Crippen LogP contribution in [-0.2, 0) is 26.0 Å². The van der Waals surface area contributed by atoms with Crippen molar-refractivity contribution in [1.29, 1.82) is 0 Å². The fourth-order valence-corrected chi connectivity index (χ4v) is 29.2. The van der Waals surface area contributed by atoms with Crippen LogP contribution in [0.3, 0.4) is 0 Å². The molecule has 229 valence electrons. The third-order valence-electron chi connectivity index (χ3n) is 9.47. The topological polar surface area (TPSA) is 29.1 Å². The molecule has 1 N–H and O–H groups in total. The van der Waals surface area contributed by atoms with Crippen molar-refractivity contribution in [3.8, 4) is 11.1 Å². The van der Waals surface area contributed by atoms with Gasteiger partial charge >= 0.3 is 263 Å². The van der Waals surface area contributed by atoms with Gasteiger partial charge in [0, 0.05) is 0 Å². The minimum atomic E-state index is -2.81. The zero-order valence-electron chi connectivity index (χ0n) is 25.6. The largest absolute Gasteiger partial charge is 1.00 e. The van der Waals surface area contributed by atoms with Crippen molar-refractivity contribution in [2.45, 2.75) is 74.3 Å². The van der Waals surface area contributed by atoms with Crippen LogP contribution in [0, 0.1) is 5.92 Å². The SMILES string of the molecule is O=C([NH][Zr+2]([CH]1c2ccccc2-c2ccccc21)[SiH](c1ccccc1)c1ccccc1)C1CCCCCCCCCCC1.[Cl-].[Cl-]. The molecule has 2 aliphatic rings. The molecule has 0 heterocycles. The molecule has 6 rings (SSSR count). The average molecular weight is 721 g/mol. The molecule has 1 amide bonds. The number of nitrogens with one attached hydrogen (secondary N) is 1. The number of carbonyl (C=O) groups excluding carboxylic acids is 1. The van der Waals surface area contributed by atoms with Crippen LogP contribution in [0.15, 0.2) is 109 Å². The minimum Gasteiger partial charge on any atom is -1.00 e. The van der Waals surface area contributed by atoms with Gasteiger partial charge in [-0.15, -0.1) is 0 Å². The van der Waals surface area contributed by atoms with Crippen molar-refractivity contribution >= 4 is 22.2 Å². The maximum atomic E-state index is 14.5. The van der Waals surface area contributed by atoms with Gasteiger partial charge in [0.25, 0.3) is 0 Å². The van der Waals surface area contributed by atoms with Crippen molar-refractivity contribution in [2.75, 3.05) is 0 Å². The number of hydrogen-bond acceptors (Lipinski definition) is 1. The molecule has 0 spiro atoms. The molecule has 6 heteroatoms. The van der Waals surface area contributed by atoms with E-state index in [1.165, 1.54) is 90.4 Å². The molecule has 2 nitrogen and oxygen atoms in total. The van der Waals surface area contributed by atoms with E-state index in [4.69, 9.17) is 0 Å². The molecule has 0 aliphatic heterocycles. The minimum absolute atomic E-state index is 0. The molecule has 44 heavy (non-hydrogen) atoms. The van der Waals surface area contributed by atoms with Gasteiger partial charge in [0.1, 0.15) is 0 Å². The molecule has 4 aromatic rings. The number of hydrogen-bond donors (Lipinski definition) is 1. The summed E-state index contributed by atoms with van der Waals surface area (Å²) < 4.78 is 4.37. The standard InChI is InChI=1S/C13H25NO.C13H9.C12H11Si.2ClH.Zr/c14-13(15)12-10-8-6-4-2-1-3-5-7-9-11-12;1-3-7-12-10(5-1)9-11-6-2-4-8-13(11)12;1-3-7-11(8-4-1)13-12-9-5-2-6-10-12;;;/h12H,1-11H2,(H2,14,15);1-9H;1-10,13H;2*1H;/q;;;;;+3/p-3. The fraction of sp³-hybridized carbons (Fsp3) is 0.342. The van der Waals surface area contributed by atoms with Crippen molar-refractivity contribution in [3.05, 3.63) is 120 Å². The van der Waals surface area contributed by atoms with E-state index < -0.39 is 27.1 Å². The van der Waals surface area contributed by atoms with Crippen LogP contribution in [0.5, 0.6) is 0 Å². The summed E-state index contributed by atoms with van der Waals surface area (Å²) in [7, 11) is 0. The van der Waals surface area contributed by atoms with Crippen molar-refractivity contribution < 1.29 is 50.8 Å². The van der Waals surface area contributed by atoms with Crippen LogP contribution >= 0.6 is 0 Å². The molecular weight excluding hydrogens is 677 g/mol. The van der Waals surface area contributed by atoms with E-state index in [1.54, 1.807) is 0 Å². The Morgan fingerprint density at radius 2 is 0.932 bits per heavy atom. The predicted octanol–water partition coefficient (Wildman–Crippen LogP) is 1.87. The van der Waals surface area contributed by atoms with E-state index in [1.807, 2.05) is 0 Å². The third kappa shape index (κ3) is 8.24. The first-order valence-corrected chi connectivity index (χ1v) is 24.9. The van der Waals surface area contributed by atoms with E-state index in [0.29, 0.717) is 9.53 Å². The zero-order valence-corrected chi connectivity index (χ0v) is 30.7. The van der Waals surface area contributed by atoms with Gasteiger partial charge < -0.3 is 24.8 Å². The summed E-state index contributed by atoms with van der Waals surface area (Å²) in [5, 5.41) is 2.94. The number of amides is 1. The number of benzene rings is 4. The number of rotatable bonds is 6. The molecule has 0 bridgehead atoms. The normalized spacial score (nSPS) is 15.8. The summed E-state index contributed by atoms with van der Waals surface area (Å²) in [5.41, 5.74) is 5.61. The monoisotopic (exact) mass is 718 g/mol. The molecule has 1 fully saturated rings. The van der Waals surface area contributed by atoms with Crippen LogP contribution in [0.25, 0.3) is 11.1 Å². The van der Waals surface area contributed by atoms with Crippen LogP contribution < -0.4 is 38.4 Å². The van der Waals surface area contributed by atoms with Crippen LogP contribution in [-0.4, -0.2) is 11.8 Å². The maximum absolute atomic E-state index is 14.5. The fourth-order valence-electron chi connectivity index (χ4n) is 7.31. The van der Waals surface area contributed by atoms with Gasteiger partial charge in [-0.25, -0.2) is 0 Å². The summed E-state index contributed by atoms with van der Waals surface area (Å²) in [5.74, 6) is -1.22. The smallest absolute Gasteiger partial charge is 1.00 e. The van der Waals surface area contributed by atoms with E-state index in [2.05, 4.69) is 112 Å². The Morgan fingerprint density at radius 1 is 0.545 bits per heavy atom. The quantitative estimate of drug-likeness (QED) is 0.303. The molecule has 0 aromatic heterocycles. The number of fused-ring (bicyclic) bond motifs is 3. The molecule has 0 radical (unpaired) electrons. The first-order chi connectivity index (χ1) is 20.8. The maximum Gasteiger partial charge on any atom is -1.00 e. The summed E-state index contributed by atoms with van der Waals surface area (Å²) in [4.78, 5) is 14.5. The van der Waals surface area contributed by atoms with Gasteiger partial charge in [-0.05, 0) is 0 Å². The van der Waals surface area contributed by atoms with Gasteiger partial charge in [0.15, 0.2) is 0 Å². The van der Waals surface area contributed by atoms with Gasteiger partial charge in [-0.3, -0.25) is 0 Å². The Hall–Kier alpha value is -1.97. The van der Waals surface area contributed by atoms with Crippen LogP contribution in [0.2, 0.25) is 0 Å². The summed E-state index contributed by atoms with van der Waals surface area (Å²) >= 11 is -2.81. The number of carbonyl (C=O) groups is 1. The van der Waals surface area contributed by atoms with E-state index in [-0.39, 0.29) is 30.7 Å². The molecule has 1 saturated carbocycles. The van der Waals surface area contributed by atoms with Crippen molar-refractivity contribution in [1.82, 2.24) is 3.26 Å². The molecule has 4 aromatic carbocycles.